The van der Waals surface area contributed by atoms with Crippen LogP contribution in [0.3, 0.4) is 0 Å². The Morgan fingerprint density at radius 1 is 0.692 bits per heavy atom. The maximum atomic E-state index is 11.8. The molecule has 0 aliphatic heterocycles. The van der Waals surface area contributed by atoms with Crippen molar-refractivity contribution < 1.29 is 4.79 Å². The Bertz CT molecular complexity index is 174. The fourth-order valence-electron chi connectivity index (χ4n) is 2.44. The lowest BCUT2D eigenvalue weighted by Gasteiger charge is -2.17. The van der Waals surface area contributed by atoms with Crippen LogP contribution < -0.4 is 0 Å². The molecule has 0 bridgehead atoms. The first-order valence-electron chi connectivity index (χ1n) is 5.91. The Balaban J connectivity index is 1.83. The summed E-state index contributed by atoms with van der Waals surface area (Å²) in [7, 11) is 0. The van der Waals surface area contributed by atoms with Gasteiger partial charge in [0.25, 0.3) is 0 Å². The molecule has 2 aliphatic rings. The summed E-state index contributed by atoms with van der Waals surface area (Å²) >= 11 is 0. The van der Waals surface area contributed by atoms with Gasteiger partial charge in [-0.3, -0.25) is 4.79 Å². The molecule has 1 heteroatoms. The van der Waals surface area contributed by atoms with E-state index in [2.05, 4.69) is 0 Å². The second kappa shape index (κ2) is 4.26. The van der Waals surface area contributed by atoms with Crippen LogP contribution in [0, 0.1) is 11.8 Å². The van der Waals surface area contributed by atoms with Crippen LogP contribution in [-0.2, 0) is 4.79 Å². The Kier molecular flexibility index (Phi) is 3.02. The van der Waals surface area contributed by atoms with Crippen molar-refractivity contribution in [3.8, 4) is 0 Å². The topological polar surface area (TPSA) is 17.1 Å². The Hall–Kier alpha value is -0.330. The van der Waals surface area contributed by atoms with Crippen LogP contribution in [0.15, 0.2) is 0 Å². The predicted octanol–water partition coefficient (Wildman–Crippen LogP) is 3.33. The average Bonchev–Trinajstić information content (AvgIpc) is 2.84. The molecule has 0 radical (unpaired) electrons. The zero-order valence-electron chi connectivity index (χ0n) is 8.43. The van der Waals surface area contributed by atoms with E-state index in [1.807, 2.05) is 0 Å². The van der Waals surface area contributed by atoms with E-state index >= 15 is 0 Å². The molecule has 2 rings (SSSR count). The Morgan fingerprint density at radius 2 is 1.15 bits per heavy atom. The third-order valence-electron chi connectivity index (χ3n) is 3.49. The van der Waals surface area contributed by atoms with Crippen LogP contribution in [0.4, 0.5) is 0 Å². The van der Waals surface area contributed by atoms with Crippen molar-refractivity contribution in [3.05, 3.63) is 0 Å². The van der Waals surface area contributed by atoms with Gasteiger partial charge in [0.15, 0.2) is 0 Å². The molecule has 0 amide bonds. The summed E-state index contributed by atoms with van der Waals surface area (Å²) in [6, 6.07) is 0. The summed E-state index contributed by atoms with van der Waals surface area (Å²) < 4.78 is 0. The monoisotopic (exact) mass is 180 g/mol. The zero-order chi connectivity index (χ0) is 9.10. The van der Waals surface area contributed by atoms with Crippen molar-refractivity contribution in [3.63, 3.8) is 0 Å². The molecule has 1 nitrogen and oxygen atoms in total. The van der Waals surface area contributed by atoms with Crippen LogP contribution in [-0.4, -0.2) is 5.78 Å². The number of Topliss-reactive ketones (excluding diaryl/α,β-unsaturated/α-hetero) is 1. The minimum absolute atomic E-state index is 0.452. The summed E-state index contributed by atoms with van der Waals surface area (Å²) in [5.41, 5.74) is 0. The lowest BCUT2D eigenvalue weighted by atomic mass is 9.86. The van der Waals surface area contributed by atoms with Gasteiger partial charge in [0.2, 0.25) is 0 Å². The molecule has 0 aromatic carbocycles. The van der Waals surface area contributed by atoms with E-state index in [1.54, 1.807) is 0 Å². The van der Waals surface area contributed by atoms with E-state index in [0.717, 1.165) is 0 Å². The fraction of sp³-hybridized carbons (Fsp3) is 0.917. The molecule has 0 atom stereocenters. The predicted molar refractivity (Wildman–Crippen MR) is 53.5 cm³/mol. The first kappa shape index (κ1) is 9.23. The largest absolute Gasteiger partial charge is 0.299 e. The molecule has 0 saturated heterocycles. The minimum atomic E-state index is 0.452. The van der Waals surface area contributed by atoms with Crippen LogP contribution in [0.2, 0.25) is 0 Å². The number of carbonyl (C=O) groups is 1. The second-order valence-electron chi connectivity index (χ2n) is 4.72. The third-order valence-corrected chi connectivity index (χ3v) is 3.49. The van der Waals surface area contributed by atoms with Crippen molar-refractivity contribution in [1.82, 2.24) is 0 Å². The number of hydrogen-bond donors (Lipinski definition) is 0. The number of hydrogen-bond acceptors (Lipinski definition) is 1. The third kappa shape index (κ3) is 2.55. The molecule has 0 heterocycles. The van der Waals surface area contributed by atoms with Crippen LogP contribution in [0.1, 0.15) is 57.8 Å². The van der Waals surface area contributed by atoms with Gasteiger partial charge in [-0.25, -0.2) is 0 Å². The Labute approximate surface area is 80.9 Å². The highest BCUT2D eigenvalue weighted by Crippen LogP contribution is 2.36. The van der Waals surface area contributed by atoms with Crippen molar-refractivity contribution in [2.75, 3.05) is 0 Å². The molecule has 74 valence electrons. The molecule has 13 heavy (non-hydrogen) atoms. The Morgan fingerprint density at radius 3 is 1.69 bits per heavy atom. The van der Waals surface area contributed by atoms with Gasteiger partial charge in [-0.2, -0.15) is 0 Å². The van der Waals surface area contributed by atoms with E-state index in [9.17, 15) is 4.79 Å². The van der Waals surface area contributed by atoms with Crippen LogP contribution in [0.25, 0.3) is 0 Å². The van der Waals surface area contributed by atoms with Gasteiger partial charge in [-0.05, 0) is 25.7 Å². The van der Waals surface area contributed by atoms with Gasteiger partial charge < -0.3 is 0 Å². The lowest BCUT2D eigenvalue weighted by Crippen LogP contribution is -2.17. The SMILES string of the molecule is O=C(C1CCCCCCC1)C1CC1. The highest BCUT2D eigenvalue weighted by molar-refractivity contribution is 5.85. The van der Waals surface area contributed by atoms with Crippen LogP contribution in [0.5, 0.6) is 0 Å². The van der Waals surface area contributed by atoms with Gasteiger partial charge in [-0.1, -0.05) is 32.1 Å². The van der Waals surface area contributed by atoms with Crippen molar-refractivity contribution in [1.29, 1.82) is 0 Å². The summed E-state index contributed by atoms with van der Waals surface area (Å²) in [5, 5.41) is 0. The highest BCUT2D eigenvalue weighted by atomic mass is 16.1. The summed E-state index contributed by atoms with van der Waals surface area (Å²) in [5.74, 6) is 1.55. The van der Waals surface area contributed by atoms with Gasteiger partial charge in [0.05, 0.1) is 0 Å². The number of ketones is 1. The minimum Gasteiger partial charge on any atom is -0.299 e. The number of rotatable bonds is 2. The molecule has 0 aromatic rings. The molecular formula is C12H20O. The van der Waals surface area contributed by atoms with Gasteiger partial charge >= 0.3 is 0 Å². The standard InChI is InChI=1S/C12H20O/c13-12(11-8-9-11)10-6-4-2-1-3-5-7-10/h10-11H,1-9H2. The molecule has 0 aromatic heterocycles. The van der Waals surface area contributed by atoms with Crippen molar-refractivity contribution in [2.24, 2.45) is 11.8 Å². The van der Waals surface area contributed by atoms with E-state index in [-0.39, 0.29) is 0 Å². The molecule has 2 fully saturated rings. The first-order valence-corrected chi connectivity index (χ1v) is 5.91. The summed E-state index contributed by atoms with van der Waals surface area (Å²) in [6.45, 7) is 0. The highest BCUT2D eigenvalue weighted by Gasteiger charge is 2.34. The van der Waals surface area contributed by atoms with Gasteiger partial charge in [-0.15, -0.1) is 0 Å². The maximum Gasteiger partial charge on any atom is 0.139 e. The summed E-state index contributed by atoms with van der Waals surface area (Å²) in [4.78, 5) is 11.8. The molecule has 0 N–H and O–H groups in total. The van der Waals surface area contributed by atoms with E-state index < -0.39 is 0 Å². The summed E-state index contributed by atoms with van der Waals surface area (Å²) in [6.07, 6.45) is 11.5. The zero-order valence-corrected chi connectivity index (χ0v) is 8.43. The van der Waals surface area contributed by atoms with Gasteiger partial charge in [0.1, 0.15) is 5.78 Å². The van der Waals surface area contributed by atoms with Crippen LogP contribution >= 0.6 is 0 Å². The smallest absolute Gasteiger partial charge is 0.139 e. The van der Waals surface area contributed by atoms with E-state index in [4.69, 9.17) is 0 Å². The normalized spacial score (nSPS) is 26.5. The number of carbonyl (C=O) groups excluding carboxylic acids is 1. The molecule has 0 unspecified atom stereocenters. The first-order chi connectivity index (χ1) is 6.38. The molecular weight excluding hydrogens is 160 g/mol. The molecule has 0 spiro atoms. The van der Waals surface area contributed by atoms with Crippen molar-refractivity contribution in [2.45, 2.75) is 57.8 Å². The quantitative estimate of drug-likeness (QED) is 0.637. The average molecular weight is 180 g/mol. The molecule has 2 aliphatic carbocycles. The lowest BCUT2D eigenvalue weighted by molar-refractivity contribution is -0.124. The second-order valence-corrected chi connectivity index (χ2v) is 4.72. The van der Waals surface area contributed by atoms with E-state index in [0.29, 0.717) is 17.6 Å². The molecule has 2 saturated carbocycles. The van der Waals surface area contributed by atoms with Gasteiger partial charge in [0, 0.05) is 11.8 Å². The maximum absolute atomic E-state index is 11.8. The fourth-order valence-corrected chi connectivity index (χ4v) is 2.44. The van der Waals surface area contributed by atoms with E-state index in [1.165, 1.54) is 57.8 Å². The van der Waals surface area contributed by atoms with Crippen molar-refractivity contribution >= 4 is 5.78 Å².